The van der Waals surface area contributed by atoms with Crippen LogP contribution in [0.25, 0.3) is 0 Å². The fourth-order valence-corrected chi connectivity index (χ4v) is 0.571. The van der Waals surface area contributed by atoms with Gasteiger partial charge in [0.2, 0.25) is 6.10 Å². The summed E-state index contributed by atoms with van der Waals surface area (Å²) in [5, 5.41) is 0. The van der Waals surface area contributed by atoms with Gasteiger partial charge in [-0.1, -0.05) is 13.8 Å². The van der Waals surface area contributed by atoms with Crippen LogP contribution in [0.5, 0.6) is 0 Å². The van der Waals surface area contributed by atoms with Crippen molar-refractivity contribution in [2.24, 2.45) is 0 Å². The van der Waals surface area contributed by atoms with Gasteiger partial charge in [0.1, 0.15) is 13.3 Å². The summed E-state index contributed by atoms with van der Waals surface area (Å²) in [6, 6.07) is 0. The molecule has 0 spiro atoms. The van der Waals surface area contributed by atoms with Crippen LogP contribution in [0.2, 0.25) is 0 Å². The third-order valence-corrected chi connectivity index (χ3v) is 1.33. The summed E-state index contributed by atoms with van der Waals surface area (Å²) in [5.74, 6) is 0. The van der Waals surface area contributed by atoms with Crippen LogP contribution in [0.4, 0.5) is 0 Å². The number of methoxy groups -OCH3 is 2. The molecule has 3 heteroatoms. The third kappa shape index (κ3) is 19.1. The van der Waals surface area contributed by atoms with Crippen LogP contribution < -0.4 is 0 Å². The van der Waals surface area contributed by atoms with Crippen molar-refractivity contribution in [1.82, 2.24) is 0 Å². The van der Waals surface area contributed by atoms with Gasteiger partial charge in [0, 0.05) is 28.8 Å². The molecule has 0 bridgehead atoms. The van der Waals surface area contributed by atoms with E-state index in [1.807, 2.05) is 27.7 Å². The van der Waals surface area contributed by atoms with Crippen molar-refractivity contribution in [1.29, 1.82) is 0 Å². The van der Waals surface area contributed by atoms with E-state index < -0.39 is 0 Å². The van der Waals surface area contributed by atoms with E-state index in [1.54, 1.807) is 14.2 Å². The molecule has 1 unspecified atom stereocenters. The van der Waals surface area contributed by atoms with Crippen molar-refractivity contribution in [3.05, 3.63) is 13.5 Å². The van der Waals surface area contributed by atoms with Crippen LogP contribution in [0.15, 0.2) is 0 Å². The van der Waals surface area contributed by atoms with Crippen molar-refractivity contribution in [3.8, 4) is 0 Å². The van der Waals surface area contributed by atoms with Crippen LogP contribution in [-0.4, -0.2) is 20.3 Å². The topological polar surface area (TPSA) is 18.5 Å². The summed E-state index contributed by atoms with van der Waals surface area (Å²) in [6.07, 6.45) is 2.17. The number of rotatable bonds is 4. The molecule has 0 aliphatic rings. The van der Waals surface area contributed by atoms with E-state index in [9.17, 15) is 0 Å². The summed E-state index contributed by atoms with van der Waals surface area (Å²) in [4.78, 5) is 0. The van der Waals surface area contributed by atoms with Gasteiger partial charge in [-0.15, -0.1) is 0 Å². The predicted molar refractivity (Wildman–Crippen MR) is 54.8 cm³/mol. The smallest absolute Gasteiger partial charge is 0.240 e. The first-order valence-electron chi connectivity index (χ1n) is 4.10. The Hall–Kier alpha value is 0.504. The zero-order valence-electron chi connectivity index (χ0n) is 10.1. The van der Waals surface area contributed by atoms with E-state index in [2.05, 4.69) is 0 Å². The van der Waals surface area contributed by atoms with Crippen molar-refractivity contribution < 1.29 is 31.2 Å². The second kappa shape index (κ2) is 18.3. The van der Waals surface area contributed by atoms with E-state index in [0.29, 0.717) is 0 Å². The normalized spacial score (nSPS) is 9.69. The first kappa shape index (κ1) is 23.4. The minimum absolute atomic E-state index is 0. The van der Waals surface area contributed by atoms with Crippen molar-refractivity contribution in [3.63, 3.8) is 0 Å². The predicted octanol–water partition coefficient (Wildman–Crippen LogP) is 3.08. The molecule has 0 aromatic rings. The van der Waals surface area contributed by atoms with Gasteiger partial charge in [-0.2, -0.15) is 4.74 Å². The molecule has 0 aromatic carbocycles. The Balaban J connectivity index is -0.0000000941. The van der Waals surface area contributed by atoms with Crippen molar-refractivity contribution >= 4 is 0 Å². The molecule has 0 fully saturated rings. The van der Waals surface area contributed by atoms with Crippen LogP contribution in [-0.2, 0) is 31.2 Å². The molecule has 80 valence electrons. The van der Waals surface area contributed by atoms with Gasteiger partial charge < -0.3 is 12.2 Å². The molecule has 13 heavy (non-hydrogen) atoms. The summed E-state index contributed by atoms with van der Waals surface area (Å²) in [5.41, 5.74) is 0. The Kier molecular flexibility index (Phi) is 32.9. The monoisotopic (exact) mass is 224 g/mol. The number of hydrogen-bond donors (Lipinski definition) is 0. The first-order valence-corrected chi connectivity index (χ1v) is 4.10. The second-order valence-corrected chi connectivity index (χ2v) is 2.16. The van der Waals surface area contributed by atoms with Gasteiger partial charge in [0.15, 0.2) is 0 Å². The molecule has 0 rings (SSSR count). The zero-order chi connectivity index (χ0) is 9.28. The maximum Gasteiger partial charge on any atom is 0.240 e. The van der Waals surface area contributed by atoms with Gasteiger partial charge in [0.25, 0.3) is 0 Å². The molecule has 2 nitrogen and oxygen atoms in total. The summed E-state index contributed by atoms with van der Waals surface area (Å²) in [7, 11) is 3.38. The molecule has 0 N–H and O–H groups in total. The van der Waals surface area contributed by atoms with Gasteiger partial charge in [-0.05, 0) is 6.92 Å². The molecule has 0 saturated heterocycles. The Labute approximate surface area is 99.3 Å². The van der Waals surface area contributed by atoms with Crippen LogP contribution >= 0.6 is 0 Å². The molecule has 0 heterocycles. The maximum absolute atomic E-state index is 5.02. The molecule has 1 atom stereocenters. The Morgan fingerprint density at radius 3 is 1.85 bits per heavy atom. The molecule has 0 saturated carbocycles. The molecular formula is C10H24O2Ti. The Morgan fingerprint density at radius 1 is 1.23 bits per heavy atom. The van der Waals surface area contributed by atoms with Crippen LogP contribution in [0, 0.1) is 13.5 Å². The third-order valence-electron chi connectivity index (χ3n) is 1.33. The zero-order valence-corrected chi connectivity index (χ0v) is 11.7. The molecule has 0 aliphatic heterocycles. The standard InChI is InChI=1S/C7H15O2.C2H6.CH3.Ti/c1-6(8-3)5-7(2)9-4;1-2;;/h6H,5H2,1-4H3;1-2H3;1H3;/q+1;;-1;. The van der Waals surface area contributed by atoms with E-state index in [0.717, 1.165) is 12.5 Å². The Bertz CT molecular complexity index is 61.9. The minimum Gasteiger partial charge on any atom is -0.377 e. The molecule has 0 aliphatic carbocycles. The van der Waals surface area contributed by atoms with E-state index in [-0.39, 0.29) is 35.2 Å². The molecule has 0 radical (unpaired) electrons. The fourth-order valence-electron chi connectivity index (χ4n) is 0.571. The quantitative estimate of drug-likeness (QED) is 0.539. The van der Waals surface area contributed by atoms with Crippen LogP contribution in [0.1, 0.15) is 34.1 Å². The van der Waals surface area contributed by atoms with Gasteiger partial charge >= 0.3 is 0 Å². The van der Waals surface area contributed by atoms with Gasteiger partial charge in [-0.3, -0.25) is 0 Å². The van der Waals surface area contributed by atoms with E-state index in [1.165, 1.54) is 0 Å². The summed E-state index contributed by atoms with van der Waals surface area (Å²) in [6.45, 7) is 7.97. The average Bonchev–Trinajstić information content (AvgIpc) is 2.07. The SMILES string of the molecule is CC.CO[C+](C)CC(C)OC.[CH3-].[Ti]. The van der Waals surface area contributed by atoms with Gasteiger partial charge in [-0.25, -0.2) is 0 Å². The van der Waals surface area contributed by atoms with Crippen molar-refractivity contribution in [2.75, 3.05) is 14.2 Å². The molecular weight excluding hydrogens is 200 g/mol. The number of ether oxygens (including phenoxy) is 2. The average molecular weight is 224 g/mol. The summed E-state index contributed by atoms with van der Waals surface area (Å²) < 4.78 is 9.98. The van der Waals surface area contributed by atoms with Gasteiger partial charge in [0.05, 0.1) is 13.2 Å². The Morgan fingerprint density at radius 2 is 1.62 bits per heavy atom. The second-order valence-electron chi connectivity index (χ2n) is 2.16. The maximum atomic E-state index is 5.02. The van der Waals surface area contributed by atoms with Crippen molar-refractivity contribution in [2.45, 2.75) is 40.2 Å². The van der Waals surface area contributed by atoms with E-state index >= 15 is 0 Å². The number of hydrogen-bond acceptors (Lipinski definition) is 2. The first-order chi connectivity index (χ1) is 5.20. The molecule has 0 amide bonds. The van der Waals surface area contributed by atoms with E-state index in [4.69, 9.17) is 9.47 Å². The molecule has 0 aromatic heterocycles. The minimum atomic E-state index is 0. The summed E-state index contributed by atoms with van der Waals surface area (Å²) >= 11 is 0. The largest absolute Gasteiger partial charge is 0.377 e. The fraction of sp³-hybridized carbons (Fsp3) is 0.800. The van der Waals surface area contributed by atoms with Crippen LogP contribution in [0.3, 0.4) is 0 Å².